The van der Waals surface area contributed by atoms with Crippen molar-refractivity contribution >= 4 is 23.4 Å². The first-order valence-electron chi connectivity index (χ1n) is 9.38. The lowest BCUT2D eigenvalue weighted by atomic mass is 10.1. The minimum Gasteiger partial charge on any atom is -0.492 e. The number of amides is 1. The van der Waals surface area contributed by atoms with Crippen LogP contribution in [0.2, 0.25) is 0 Å². The van der Waals surface area contributed by atoms with Gasteiger partial charge in [0.05, 0.1) is 18.0 Å². The number of nitrogens with zero attached hydrogens (tertiary/aromatic N) is 3. The number of hydrogen-bond donors (Lipinski definition) is 1. The van der Waals surface area contributed by atoms with Crippen LogP contribution in [0, 0.1) is 6.92 Å². The van der Waals surface area contributed by atoms with Crippen LogP contribution in [0.15, 0.2) is 66.3 Å². The van der Waals surface area contributed by atoms with E-state index in [9.17, 15) is 4.79 Å². The second-order valence-electron chi connectivity index (χ2n) is 6.34. The van der Waals surface area contributed by atoms with Crippen molar-refractivity contribution in [2.75, 3.05) is 17.7 Å². The Morgan fingerprint density at radius 2 is 2.07 bits per heavy atom. The van der Waals surface area contributed by atoms with Gasteiger partial charge in [0.15, 0.2) is 11.0 Å². The molecular weight excluding hydrogens is 384 g/mol. The van der Waals surface area contributed by atoms with Crippen molar-refractivity contribution in [3.63, 3.8) is 0 Å². The molecule has 1 heterocycles. The molecule has 7 heteroatoms. The monoisotopic (exact) mass is 408 g/mol. The molecule has 0 spiro atoms. The second kappa shape index (κ2) is 9.93. The fourth-order valence-corrected chi connectivity index (χ4v) is 3.60. The van der Waals surface area contributed by atoms with Gasteiger partial charge in [-0.25, -0.2) is 0 Å². The number of carbonyl (C=O) groups is 1. The summed E-state index contributed by atoms with van der Waals surface area (Å²) in [6.45, 7) is 8.88. The number of para-hydroxylation sites is 2. The van der Waals surface area contributed by atoms with E-state index in [0.29, 0.717) is 29.7 Å². The molecule has 0 aliphatic rings. The van der Waals surface area contributed by atoms with Crippen molar-refractivity contribution in [1.29, 1.82) is 0 Å². The molecule has 3 rings (SSSR count). The van der Waals surface area contributed by atoms with Gasteiger partial charge in [0.25, 0.3) is 0 Å². The fraction of sp³-hybridized carbons (Fsp3) is 0.227. The number of allylic oxidation sites excluding steroid dienone is 1. The summed E-state index contributed by atoms with van der Waals surface area (Å²) in [7, 11) is 0. The first-order chi connectivity index (χ1) is 14.1. The van der Waals surface area contributed by atoms with Crippen molar-refractivity contribution in [1.82, 2.24) is 14.8 Å². The predicted octanol–water partition coefficient (Wildman–Crippen LogP) is 4.57. The summed E-state index contributed by atoms with van der Waals surface area (Å²) < 4.78 is 7.52. The van der Waals surface area contributed by atoms with Crippen LogP contribution in [0.1, 0.15) is 12.5 Å². The number of anilines is 1. The Morgan fingerprint density at radius 1 is 1.24 bits per heavy atom. The Balaban J connectivity index is 1.72. The van der Waals surface area contributed by atoms with Gasteiger partial charge in [0.1, 0.15) is 5.75 Å². The second-order valence-corrected chi connectivity index (χ2v) is 7.28. The molecule has 0 radical (unpaired) electrons. The third-order valence-electron chi connectivity index (χ3n) is 4.10. The van der Waals surface area contributed by atoms with Crippen LogP contribution in [0.25, 0.3) is 11.4 Å². The lowest BCUT2D eigenvalue weighted by Crippen LogP contribution is -2.15. The van der Waals surface area contributed by atoms with E-state index in [1.165, 1.54) is 11.8 Å². The first kappa shape index (κ1) is 20.7. The summed E-state index contributed by atoms with van der Waals surface area (Å²) in [6, 6.07) is 15.5. The molecule has 1 amide bonds. The smallest absolute Gasteiger partial charge is 0.234 e. The normalized spacial score (nSPS) is 10.6. The lowest BCUT2D eigenvalue weighted by Gasteiger charge is -2.11. The summed E-state index contributed by atoms with van der Waals surface area (Å²) in [5.41, 5.74) is 2.80. The predicted molar refractivity (Wildman–Crippen MR) is 117 cm³/mol. The van der Waals surface area contributed by atoms with Gasteiger partial charge in [0.2, 0.25) is 5.91 Å². The molecule has 29 heavy (non-hydrogen) atoms. The highest BCUT2D eigenvalue weighted by molar-refractivity contribution is 7.99. The Morgan fingerprint density at radius 3 is 2.83 bits per heavy atom. The highest BCUT2D eigenvalue weighted by atomic mass is 32.2. The van der Waals surface area contributed by atoms with Gasteiger partial charge in [-0.3, -0.25) is 9.36 Å². The quantitative estimate of drug-likeness (QED) is 0.415. The van der Waals surface area contributed by atoms with Crippen LogP contribution in [-0.4, -0.2) is 33.0 Å². The molecule has 3 aromatic rings. The topological polar surface area (TPSA) is 69.0 Å². The molecule has 0 bridgehead atoms. The Bertz CT molecular complexity index is 1000. The van der Waals surface area contributed by atoms with Crippen LogP contribution in [0.5, 0.6) is 5.75 Å². The van der Waals surface area contributed by atoms with E-state index >= 15 is 0 Å². The molecule has 0 fully saturated rings. The average molecular weight is 409 g/mol. The summed E-state index contributed by atoms with van der Waals surface area (Å²) in [4.78, 5) is 12.5. The van der Waals surface area contributed by atoms with E-state index in [0.717, 1.165) is 17.0 Å². The zero-order chi connectivity index (χ0) is 20.6. The van der Waals surface area contributed by atoms with Crippen LogP contribution in [0.3, 0.4) is 0 Å². The summed E-state index contributed by atoms with van der Waals surface area (Å²) in [5.74, 6) is 1.50. The van der Waals surface area contributed by atoms with Crippen molar-refractivity contribution in [3.05, 3.63) is 66.7 Å². The van der Waals surface area contributed by atoms with Gasteiger partial charge in [-0.05, 0) is 32.0 Å². The van der Waals surface area contributed by atoms with Crippen molar-refractivity contribution in [2.24, 2.45) is 0 Å². The van der Waals surface area contributed by atoms with Crippen LogP contribution >= 0.6 is 11.8 Å². The number of hydrogen-bond acceptors (Lipinski definition) is 5. The highest BCUT2D eigenvalue weighted by Gasteiger charge is 2.15. The summed E-state index contributed by atoms with van der Waals surface area (Å²) in [6.07, 6.45) is 1.80. The number of aromatic nitrogens is 3. The number of nitrogens with one attached hydrogen (secondary N) is 1. The lowest BCUT2D eigenvalue weighted by molar-refractivity contribution is -0.113. The maximum Gasteiger partial charge on any atom is 0.234 e. The van der Waals surface area contributed by atoms with Gasteiger partial charge in [-0.1, -0.05) is 53.7 Å². The van der Waals surface area contributed by atoms with Crippen LogP contribution in [-0.2, 0) is 11.3 Å². The molecule has 1 aromatic heterocycles. The SMILES string of the molecule is C=CCn1c(SCC(=O)Nc2ccccc2OCC)nnc1-c1cccc(C)c1. The van der Waals surface area contributed by atoms with Crippen molar-refractivity contribution in [2.45, 2.75) is 25.5 Å². The van der Waals surface area contributed by atoms with E-state index in [1.54, 1.807) is 6.08 Å². The van der Waals surface area contributed by atoms with E-state index in [4.69, 9.17) is 4.74 Å². The zero-order valence-electron chi connectivity index (χ0n) is 16.6. The molecule has 0 atom stereocenters. The Hall–Kier alpha value is -3.06. The van der Waals surface area contributed by atoms with Crippen molar-refractivity contribution in [3.8, 4) is 17.1 Å². The fourth-order valence-electron chi connectivity index (χ4n) is 2.85. The minimum absolute atomic E-state index is 0.132. The maximum atomic E-state index is 12.5. The van der Waals surface area contributed by atoms with Crippen LogP contribution < -0.4 is 10.1 Å². The van der Waals surface area contributed by atoms with Gasteiger partial charge in [-0.15, -0.1) is 16.8 Å². The molecule has 0 aliphatic carbocycles. The van der Waals surface area contributed by atoms with E-state index in [1.807, 2.05) is 60.9 Å². The first-order valence-corrected chi connectivity index (χ1v) is 10.4. The Labute approximate surface area is 175 Å². The zero-order valence-corrected chi connectivity index (χ0v) is 17.4. The molecule has 0 saturated carbocycles. The summed E-state index contributed by atoms with van der Waals surface area (Å²) >= 11 is 1.34. The number of thioether (sulfide) groups is 1. The highest BCUT2D eigenvalue weighted by Crippen LogP contribution is 2.26. The minimum atomic E-state index is -0.132. The molecule has 2 aromatic carbocycles. The molecule has 0 unspecified atom stereocenters. The van der Waals surface area contributed by atoms with Crippen molar-refractivity contribution < 1.29 is 9.53 Å². The molecular formula is C22H24N4O2S. The largest absolute Gasteiger partial charge is 0.492 e. The molecule has 150 valence electrons. The number of benzene rings is 2. The van der Waals surface area contributed by atoms with E-state index in [2.05, 4.69) is 28.2 Å². The standard InChI is InChI=1S/C22H24N4O2S/c1-4-13-26-21(17-10-8-9-16(3)14-17)24-25-22(26)29-15-20(27)23-18-11-6-7-12-19(18)28-5-2/h4,6-12,14H,1,5,13,15H2,2-3H3,(H,23,27). The summed E-state index contributed by atoms with van der Waals surface area (Å²) in [5, 5.41) is 12.2. The Kier molecular flexibility index (Phi) is 7.08. The molecule has 0 aliphatic heterocycles. The van der Waals surface area contributed by atoms with E-state index < -0.39 is 0 Å². The number of rotatable bonds is 9. The van der Waals surface area contributed by atoms with E-state index in [-0.39, 0.29) is 11.7 Å². The molecule has 0 saturated heterocycles. The average Bonchev–Trinajstić information content (AvgIpc) is 3.11. The number of carbonyl (C=O) groups excluding carboxylic acids is 1. The number of ether oxygens (including phenoxy) is 1. The van der Waals surface area contributed by atoms with Gasteiger partial charge in [-0.2, -0.15) is 0 Å². The van der Waals surface area contributed by atoms with Gasteiger partial charge in [0, 0.05) is 12.1 Å². The third kappa shape index (κ3) is 5.26. The molecule has 6 nitrogen and oxygen atoms in total. The van der Waals surface area contributed by atoms with Gasteiger partial charge < -0.3 is 10.1 Å². The number of aryl methyl sites for hydroxylation is 1. The van der Waals surface area contributed by atoms with Crippen LogP contribution in [0.4, 0.5) is 5.69 Å². The maximum absolute atomic E-state index is 12.5. The third-order valence-corrected chi connectivity index (χ3v) is 5.06. The molecule has 1 N–H and O–H groups in total. The van der Waals surface area contributed by atoms with Gasteiger partial charge >= 0.3 is 0 Å².